The van der Waals surface area contributed by atoms with E-state index >= 15 is 0 Å². The van der Waals surface area contributed by atoms with Crippen LogP contribution in [0.2, 0.25) is 0 Å². The van der Waals surface area contributed by atoms with E-state index in [1.807, 2.05) is 30.9 Å². The van der Waals surface area contributed by atoms with Gasteiger partial charge in [-0.3, -0.25) is 14.5 Å². The molecule has 3 aromatic rings. The summed E-state index contributed by atoms with van der Waals surface area (Å²) < 4.78 is 0. The Morgan fingerprint density at radius 3 is 2.39 bits per heavy atom. The molecule has 1 N–H and O–H groups in total. The Morgan fingerprint density at radius 2 is 1.61 bits per heavy atom. The van der Waals surface area contributed by atoms with Gasteiger partial charge in [0.1, 0.15) is 0 Å². The van der Waals surface area contributed by atoms with Crippen LogP contribution in [0.1, 0.15) is 27.0 Å². The van der Waals surface area contributed by atoms with E-state index in [0.717, 1.165) is 30.8 Å². The van der Waals surface area contributed by atoms with Gasteiger partial charge in [0, 0.05) is 38.3 Å². The smallest absolute Gasteiger partial charge is 0.251 e. The summed E-state index contributed by atoms with van der Waals surface area (Å²) in [6.45, 7) is 7.95. The van der Waals surface area contributed by atoms with Crippen LogP contribution in [0.25, 0.3) is 10.8 Å². The van der Waals surface area contributed by atoms with Crippen molar-refractivity contribution in [1.29, 1.82) is 0 Å². The highest BCUT2D eigenvalue weighted by Gasteiger charge is 2.22. The summed E-state index contributed by atoms with van der Waals surface area (Å²) in [5.41, 5.74) is 4.13. The number of aryl methyl sites for hydroxylation is 2. The van der Waals surface area contributed by atoms with Gasteiger partial charge in [-0.05, 0) is 53.4 Å². The first kappa shape index (κ1) is 21.1. The number of nitrogens with one attached hydrogen (secondary N) is 1. The largest absolute Gasteiger partial charge is 0.343 e. The van der Waals surface area contributed by atoms with Crippen LogP contribution in [-0.4, -0.2) is 54.3 Å². The molecule has 0 bridgehead atoms. The van der Waals surface area contributed by atoms with Crippen molar-refractivity contribution >= 4 is 22.6 Å². The van der Waals surface area contributed by atoms with Gasteiger partial charge in [0.2, 0.25) is 5.91 Å². The summed E-state index contributed by atoms with van der Waals surface area (Å²) in [6.07, 6.45) is 0. The van der Waals surface area contributed by atoms with Crippen molar-refractivity contribution in [3.05, 3.63) is 82.9 Å². The third-order valence-corrected chi connectivity index (χ3v) is 6.17. The molecule has 1 fully saturated rings. The van der Waals surface area contributed by atoms with E-state index in [-0.39, 0.29) is 18.4 Å². The third-order valence-electron chi connectivity index (χ3n) is 6.17. The zero-order valence-electron chi connectivity index (χ0n) is 18.2. The molecule has 160 valence electrons. The Hall–Kier alpha value is -3.18. The molecule has 1 aliphatic rings. The van der Waals surface area contributed by atoms with Gasteiger partial charge in [0.15, 0.2) is 0 Å². The lowest BCUT2D eigenvalue weighted by Crippen LogP contribution is -2.50. The fourth-order valence-corrected chi connectivity index (χ4v) is 4.08. The first-order valence-electron chi connectivity index (χ1n) is 10.8. The van der Waals surface area contributed by atoms with E-state index in [4.69, 9.17) is 0 Å². The lowest BCUT2D eigenvalue weighted by atomic mass is 10.0. The maximum Gasteiger partial charge on any atom is 0.251 e. The number of carbonyl (C=O) groups excluding carboxylic acids is 2. The zero-order valence-corrected chi connectivity index (χ0v) is 18.2. The Balaban J connectivity index is 1.27. The number of nitrogens with zero attached hydrogens (tertiary/aromatic N) is 2. The molecular formula is C26H29N3O2. The van der Waals surface area contributed by atoms with Gasteiger partial charge in [-0.2, -0.15) is 0 Å². The normalized spacial score (nSPS) is 14.6. The molecule has 2 amide bonds. The van der Waals surface area contributed by atoms with Crippen molar-refractivity contribution in [2.24, 2.45) is 0 Å². The van der Waals surface area contributed by atoms with E-state index in [9.17, 15) is 9.59 Å². The number of hydrogen-bond donors (Lipinski definition) is 1. The lowest BCUT2D eigenvalue weighted by Gasteiger charge is -2.35. The van der Waals surface area contributed by atoms with Crippen molar-refractivity contribution in [2.45, 2.75) is 20.4 Å². The van der Waals surface area contributed by atoms with Crippen LogP contribution in [0, 0.1) is 13.8 Å². The minimum absolute atomic E-state index is 0.0259. The zero-order chi connectivity index (χ0) is 21.8. The Bertz CT molecular complexity index is 1100. The molecule has 5 heteroatoms. The second-order valence-electron chi connectivity index (χ2n) is 8.28. The van der Waals surface area contributed by atoms with Crippen LogP contribution in [-0.2, 0) is 11.3 Å². The van der Waals surface area contributed by atoms with E-state index in [0.29, 0.717) is 18.7 Å². The van der Waals surface area contributed by atoms with Crippen LogP contribution in [0.3, 0.4) is 0 Å². The maximum atomic E-state index is 12.6. The Kier molecular flexibility index (Phi) is 6.33. The van der Waals surface area contributed by atoms with Gasteiger partial charge in [-0.25, -0.2) is 0 Å². The van der Waals surface area contributed by atoms with Crippen LogP contribution < -0.4 is 5.32 Å². The van der Waals surface area contributed by atoms with Gasteiger partial charge in [0.25, 0.3) is 5.91 Å². The molecule has 31 heavy (non-hydrogen) atoms. The molecule has 0 spiro atoms. The van der Waals surface area contributed by atoms with Crippen molar-refractivity contribution in [3.63, 3.8) is 0 Å². The molecular weight excluding hydrogens is 386 g/mol. The predicted octanol–water partition coefficient (Wildman–Crippen LogP) is 3.53. The van der Waals surface area contributed by atoms with E-state index in [2.05, 4.69) is 52.7 Å². The number of fused-ring (bicyclic) bond motifs is 1. The fraction of sp³-hybridized carbons (Fsp3) is 0.308. The second-order valence-corrected chi connectivity index (χ2v) is 8.28. The van der Waals surface area contributed by atoms with Crippen molar-refractivity contribution in [1.82, 2.24) is 15.1 Å². The van der Waals surface area contributed by atoms with Gasteiger partial charge >= 0.3 is 0 Å². The molecule has 1 aliphatic heterocycles. The number of carbonyl (C=O) groups is 2. The quantitative estimate of drug-likeness (QED) is 0.694. The SMILES string of the molecule is Cc1ccc(C(=O)NCC(=O)N2CCN(Cc3cccc4ccccc34)CC2)cc1C. The van der Waals surface area contributed by atoms with Gasteiger partial charge in [0.05, 0.1) is 6.54 Å². The number of benzene rings is 3. The predicted molar refractivity (Wildman–Crippen MR) is 124 cm³/mol. The lowest BCUT2D eigenvalue weighted by molar-refractivity contribution is -0.131. The summed E-state index contributed by atoms with van der Waals surface area (Å²) in [5.74, 6) is -0.229. The van der Waals surface area contributed by atoms with Crippen LogP contribution >= 0.6 is 0 Å². The summed E-state index contributed by atoms with van der Waals surface area (Å²) in [7, 11) is 0. The standard InChI is InChI=1S/C26H29N3O2/c1-19-10-11-22(16-20(19)2)26(31)27-17-25(30)29-14-12-28(13-15-29)18-23-8-5-7-21-6-3-4-9-24(21)23/h3-11,16H,12-15,17-18H2,1-2H3,(H,27,31). The van der Waals surface area contributed by atoms with Gasteiger partial charge < -0.3 is 10.2 Å². The molecule has 0 atom stereocenters. The highest BCUT2D eigenvalue weighted by Crippen LogP contribution is 2.20. The van der Waals surface area contributed by atoms with Crippen LogP contribution in [0.4, 0.5) is 0 Å². The average molecular weight is 416 g/mol. The van der Waals surface area contributed by atoms with Crippen LogP contribution in [0.15, 0.2) is 60.7 Å². The van der Waals surface area contributed by atoms with Crippen molar-refractivity contribution in [3.8, 4) is 0 Å². The first-order valence-corrected chi connectivity index (χ1v) is 10.8. The maximum absolute atomic E-state index is 12.6. The fourth-order valence-electron chi connectivity index (χ4n) is 4.08. The average Bonchev–Trinajstić information content (AvgIpc) is 2.80. The second kappa shape index (κ2) is 9.31. The highest BCUT2D eigenvalue weighted by molar-refractivity contribution is 5.96. The summed E-state index contributed by atoms with van der Waals surface area (Å²) >= 11 is 0. The summed E-state index contributed by atoms with van der Waals surface area (Å²) in [5, 5.41) is 5.32. The molecule has 0 aliphatic carbocycles. The number of amides is 2. The third kappa shape index (κ3) is 4.94. The first-order chi connectivity index (χ1) is 15.0. The van der Waals surface area contributed by atoms with Crippen molar-refractivity contribution in [2.75, 3.05) is 32.7 Å². The number of rotatable bonds is 5. The summed E-state index contributed by atoms with van der Waals surface area (Å²) in [6, 6.07) is 20.5. The molecule has 0 unspecified atom stereocenters. The molecule has 1 saturated heterocycles. The molecule has 0 saturated carbocycles. The molecule has 0 radical (unpaired) electrons. The molecule has 5 nitrogen and oxygen atoms in total. The minimum Gasteiger partial charge on any atom is -0.343 e. The Labute approximate surface area is 183 Å². The van der Waals surface area contributed by atoms with Crippen LogP contribution in [0.5, 0.6) is 0 Å². The minimum atomic E-state index is -0.203. The molecule has 0 aromatic heterocycles. The van der Waals surface area contributed by atoms with Gasteiger partial charge in [-0.15, -0.1) is 0 Å². The number of piperazine rings is 1. The van der Waals surface area contributed by atoms with E-state index in [1.165, 1.54) is 16.3 Å². The molecule has 1 heterocycles. The Morgan fingerprint density at radius 1 is 0.871 bits per heavy atom. The summed E-state index contributed by atoms with van der Waals surface area (Å²) in [4.78, 5) is 29.2. The topological polar surface area (TPSA) is 52.7 Å². The van der Waals surface area contributed by atoms with Gasteiger partial charge in [-0.1, -0.05) is 48.5 Å². The van der Waals surface area contributed by atoms with E-state index in [1.54, 1.807) is 6.07 Å². The number of hydrogen-bond acceptors (Lipinski definition) is 3. The molecule has 4 rings (SSSR count). The monoisotopic (exact) mass is 415 g/mol. The van der Waals surface area contributed by atoms with Crippen molar-refractivity contribution < 1.29 is 9.59 Å². The van der Waals surface area contributed by atoms with E-state index < -0.39 is 0 Å². The highest BCUT2D eigenvalue weighted by atomic mass is 16.2. The molecule has 3 aromatic carbocycles.